The molecule has 0 saturated heterocycles. The Hall–Kier alpha value is -0.950. The number of nitrogens with zero attached hydrogens (tertiary/aromatic N) is 2. The van der Waals surface area contributed by atoms with E-state index in [9.17, 15) is 9.59 Å². The summed E-state index contributed by atoms with van der Waals surface area (Å²) in [5.41, 5.74) is 0.864. The first-order chi connectivity index (χ1) is 9.47. The smallest absolute Gasteiger partial charge is 0.318 e. The third-order valence-electron chi connectivity index (χ3n) is 3.09. The van der Waals surface area contributed by atoms with Crippen molar-refractivity contribution in [3.8, 4) is 0 Å². The third-order valence-corrected chi connectivity index (χ3v) is 5.38. The standard InChI is InChI=1S/C13H18N2O3S2/c1-5-15-11(16)10-9(6-7(2)19-10)14-13(15)20-8(3)12(17)18-4/h7-8H,5-6H2,1-4H3/t7-,8+/m1/s1. The van der Waals surface area contributed by atoms with Crippen LogP contribution in [0.25, 0.3) is 0 Å². The molecule has 1 aliphatic heterocycles. The molecule has 7 heteroatoms. The van der Waals surface area contributed by atoms with Crippen molar-refractivity contribution < 1.29 is 9.53 Å². The SMILES string of the molecule is CCn1c(S[C@@H](C)C(=O)OC)nc2c(c1=O)S[C@H](C)C2. The highest BCUT2D eigenvalue weighted by atomic mass is 32.2. The predicted molar refractivity (Wildman–Crippen MR) is 80.5 cm³/mol. The second-order valence-electron chi connectivity index (χ2n) is 4.64. The van der Waals surface area contributed by atoms with Crippen molar-refractivity contribution in [2.24, 2.45) is 0 Å². The van der Waals surface area contributed by atoms with Gasteiger partial charge in [-0.1, -0.05) is 18.7 Å². The number of fused-ring (bicyclic) bond motifs is 1. The molecule has 0 radical (unpaired) electrons. The van der Waals surface area contributed by atoms with E-state index in [1.165, 1.54) is 18.9 Å². The van der Waals surface area contributed by atoms with Gasteiger partial charge in [0, 0.05) is 18.2 Å². The predicted octanol–water partition coefficient (Wildman–Crippen LogP) is 1.95. The number of aromatic nitrogens is 2. The molecule has 0 fully saturated rings. The summed E-state index contributed by atoms with van der Waals surface area (Å²) < 4.78 is 6.35. The third kappa shape index (κ3) is 2.88. The van der Waals surface area contributed by atoms with Gasteiger partial charge in [-0.2, -0.15) is 0 Å². The summed E-state index contributed by atoms with van der Waals surface area (Å²) in [5.74, 6) is -0.310. The lowest BCUT2D eigenvalue weighted by atomic mass is 10.2. The Bertz CT molecular complexity index is 586. The molecule has 110 valence electrons. The minimum absolute atomic E-state index is 0.00594. The van der Waals surface area contributed by atoms with Gasteiger partial charge < -0.3 is 4.74 Å². The molecule has 5 nitrogen and oxygen atoms in total. The van der Waals surface area contributed by atoms with Gasteiger partial charge in [0.2, 0.25) is 0 Å². The second-order valence-corrected chi connectivity index (χ2v) is 7.39. The van der Waals surface area contributed by atoms with Gasteiger partial charge in [0.05, 0.1) is 17.7 Å². The maximum Gasteiger partial charge on any atom is 0.318 e. The van der Waals surface area contributed by atoms with Crippen molar-refractivity contribution in [2.45, 2.75) is 54.3 Å². The molecule has 0 N–H and O–H groups in total. The fraction of sp³-hybridized carbons (Fsp3) is 0.615. The highest BCUT2D eigenvalue weighted by Gasteiger charge is 2.27. The Labute approximate surface area is 126 Å². The highest BCUT2D eigenvalue weighted by molar-refractivity contribution is 8.00. The molecule has 0 aliphatic carbocycles. The van der Waals surface area contributed by atoms with Gasteiger partial charge in [0.25, 0.3) is 5.56 Å². The van der Waals surface area contributed by atoms with Crippen LogP contribution in [-0.2, 0) is 22.5 Å². The molecule has 2 heterocycles. The van der Waals surface area contributed by atoms with Crippen LogP contribution in [0.15, 0.2) is 14.8 Å². The van der Waals surface area contributed by atoms with Crippen molar-refractivity contribution in [1.82, 2.24) is 9.55 Å². The second kappa shape index (κ2) is 6.22. The van der Waals surface area contributed by atoms with E-state index in [1.54, 1.807) is 23.3 Å². The van der Waals surface area contributed by atoms with Crippen molar-refractivity contribution in [3.05, 3.63) is 16.0 Å². The van der Waals surface area contributed by atoms with Crippen LogP contribution in [0, 0.1) is 0 Å². The lowest BCUT2D eigenvalue weighted by Crippen LogP contribution is -2.26. The summed E-state index contributed by atoms with van der Waals surface area (Å²) in [7, 11) is 1.36. The van der Waals surface area contributed by atoms with Crippen LogP contribution in [0.5, 0.6) is 0 Å². The average molecular weight is 314 g/mol. The topological polar surface area (TPSA) is 61.2 Å². The number of rotatable bonds is 4. The van der Waals surface area contributed by atoms with E-state index in [2.05, 4.69) is 11.9 Å². The monoisotopic (exact) mass is 314 g/mol. The molecule has 0 saturated carbocycles. The molecule has 0 amide bonds. The Kier molecular flexibility index (Phi) is 4.80. The van der Waals surface area contributed by atoms with Crippen LogP contribution in [0.4, 0.5) is 0 Å². The number of carbonyl (C=O) groups excluding carboxylic acids is 1. The van der Waals surface area contributed by atoms with Crippen molar-refractivity contribution in [3.63, 3.8) is 0 Å². The highest BCUT2D eigenvalue weighted by Crippen LogP contribution is 2.34. The first kappa shape index (κ1) is 15.4. The molecule has 1 aliphatic rings. The zero-order valence-corrected chi connectivity index (χ0v) is 13.6. The van der Waals surface area contributed by atoms with Crippen molar-refractivity contribution in [2.75, 3.05) is 7.11 Å². The molecule has 0 aromatic carbocycles. The number of carbonyl (C=O) groups is 1. The molecule has 0 unspecified atom stereocenters. The minimum Gasteiger partial charge on any atom is -0.468 e. The molecule has 20 heavy (non-hydrogen) atoms. The fourth-order valence-corrected chi connectivity index (χ4v) is 4.20. The Morgan fingerprint density at radius 3 is 2.95 bits per heavy atom. The molecular formula is C13H18N2O3S2. The first-order valence-corrected chi connectivity index (χ1v) is 8.28. The summed E-state index contributed by atoms with van der Waals surface area (Å²) in [5, 5.41) is 0.604. The summed E-state index contributed by atoms with van der Waals surface area (Å²) in [4.78, 5) is 29.3. The number of hydrogen-bond acceptors (Lipinski definition) is 6. The first-order valence-electron chi connectivity index (χ1n) is 6.52. The lowest BCUT2D eigenvalue weighted by molar-refractivity contribution is -0.139. The maximum atomic E-state index is 12.5. The van der Waals surface area contributed by atoms with Gasteiger partial charge >= 0.3 is 5.97 Å². The maximum absolute atomic E-state index is 12.5. The molecule has 0 spiro atoms. The molecule has 0 bridgehead atoms. The number of esters is 1. The van der Waals surface area contributed by atoms with Crippen LogP contribution in [0.3, 0.4) is 0 Å². The Morgan fingerprint density at radius 1 is 1.65 bits per heavy atom. The number of ether oxygens (including phenoxy) is 1. The van der Waals surface area contributed by atoms with E-state index in [4.69, 9.17) is 4.74 Å². The molecular weight excluding hydrogens is 296 g/mol. The van der Waals surface area contributed by atoms with Crippen LogP contribution >= 0.6 is 23.5 Å². The van der Waals surface area contributed by atoms with Gasteiger partial charge in [-0.3, -0.25) is 14.2 Å². The van der Waals surface area contributed by atoms with E-state index >= 15 is 0 Å². The lowest BCUT2D eigenvalue weighted by Gasteiger charge is -2.14. The Morgan fingerprint density at radius 2 is 2.35 bits per heavy atom. The van der Waals surface area contributed by atoms with E-state index in [0.717, 1.165) is 17.0 Å². The quantitative estimate of drug-likeness (QED) is 0.481. The molecule has 2 rings (SSSR count). The fourth-order valence-electron chi connectivity index (χ4n) is 2.07. The van der Waals surface area contributed by atoms with Crippen molar-refractivity contribution >= 4 is 29.5 Å². The largest absolute Gasteiger partial charge is 0.468 e. The van der Waals surface area contributed by atoms with E-state index in [1.807, 2.05) is 6.92 Å². The average Bonchev–Trinajstić information content (AvgIpc) is 2.79. The van der Waals surface area contributed by atoms with Gasteiger partial charge in [0.15, 0.2) is 5.16 Å². The zero-order valence-electron chi connectivity index (χ0n) is 12.0. The number of methoxy groups -OCH3 is 1. The van der Waals surface area contributed by atoms with Gasteiger partial charge in [-0.25, -0.2) is 4.98 Å². The van der Waals surface area contributed by atoms with Crippen LogP contribution in [-0.4, -0.2) is 33.1 Å². The van der Waals surface area contributed by atoms with Gasteiger partial charge in [-0.05, 0) is 13.8 Å². The molecule has 2 atom stereocenters. The van der Waals surface area contributed by atoms with E-state index in [0.29, 0.717) is 17.0 Å². The van der Waals surface area contributed by atoms with E-state index < -0.39 is 0 Å². The summed E-state index contributed by atoms with van der Waals surface area (Å²) in [6.07, 6.45) is 0.806. The van der Waals surface area contributed by atoms with Gasteiger partial charge in [-0.15, -0.1) is 11.8 Å². The normalized spacial score (nSPS) is 18.7. The van der Waals surface area contributed by atoms with E-state index in [-0.39, 0.29) is 16.8 Å². The molecule has 1 aromatic heterocycles. The van der Waals surface area contributed by atoms with Crippen LogP contribution in [0.1, 0.15) is 26.5 Å². The Balaban J connectivity index is 2.39. The van der Waals surface area contributed by atoms with Gasteiger partial charge in [0.1, 0.15) is 5.25 Å². The zero-order chi connectivity index (χ0) is 14.9. The van der Waals surface area contributed by atoms with Crippen LogP contribution in [0.2, 0.25) is 0 Å². The number of thioether (sulfide) groups is 2. The van der Waals surface area contributed by atoms with Crippen LogP contribution < -0.4 is 5.56 Å². The minimum atomic E-state index is -0.380. The number of hydrogen-bond donors (Lipinski definition) is 0. The van der Waals surface area contributed by atoms with Crippen molar-refractivity contribution in [1.29, 1.82) is 0 Å². The molecule has 1 aromatic rings. The summed E-state index contributed by atoms with van der Waals surface area (Å²) >= 11 is 2.87. The summed E-state index contributed by atoms with van der Waals surface area (Å²) in [6, 6.07) is 0. The summed E-state index contributed by atoms with van der Waals surface area (Å²) in [6.45, 7) is 6.30.